The van der Waals surface area contributed by atoms with Crippen LogP contribution in [0.25, 0.3) is 0 Å². The van der Waals surface area contributed by atoms with E-state index in [1.807, 2.05) is 68.4 Å². The predicted octanol–water partition coefficient (Wildman–Crippen LogP) is 5.53. The molecule has 39 heavy (non-hydrogen) atoms. The number of hydrogen-bond donors (Lipinski definition) is 1. The summed E-state index contributed by atoms with van der Waals surface area (Å²) < 4.78 is 28.2. The first-order valence-corrected chi connectivity index (χ1v) is 16.0. The highest BCUT2D eigenvalue weighted by atomic mass is 79.9. The molecule has 0 bridgehead atoms. The van der Waals surface area contributed by atoms with Crippen LogP contribution in [0.3, 0.4) is 0 Å². The van der Waals surface area contributed by atoms with Gasteiger partial charge in [-0.2, -0.15) is 0 Å². The molecule has 0 aliphatic heterocycles. The highest BCUT2D eigenvalue weighted by Crippen LogP contribution is 2.28. The highest BCUT2D eigenvalue weighted by molar-refractivity contribution is 9.10. The number of nitrogens with one attached hydrogen (secondary N) is 1. The SMILES string of the molecule is CC[C@@H](C)NC(=O)[C@@H](Cc1ccccc1)N(Cc1ccc(Br)cc1)C(=O)CN(c1ccccc1Br)S(C)(=O)=O. The van der Waals surface area contributed by atoms with Crippen molar-refractivity contribution in [3.63, 3.8) is 0 Å². The standard InChI is InChI=1S/C29H33Br2N3O4S/c1-4-21(2)32-29(36)27(18-22-10-6-5-7-11-22)33(19-23-14-16-24(30)17-15-23)28(35)20-34(39(3,37)38)26-13-9-8-12-25(26)31/h5-17,21,27H,4,18-20H2,1-3H3,(H,32,36)/t21-,27-/m1/s1. The number of carbonyl (C=O) groups excluding carboxylic acids is 2. The third kappa shape index (κ3) is 8.91. The number of benzene rings is 3. The normalized spacial score (nSPS) is 12.8. The molecule has 3 rings (SSSR count). The summed E-state index contributed by atoms with van der Waals surface area (Å²) >= 11 is 6.85. The van der Waals surface area contributed by atoms with E-state index in [4.69, 9.17) is 0 Å². The van der Waals surface area contributed by atoms with Gasteiger partial charge in [-0.05, 0) is 64.7 Å². The van der Waals surface area contributed by atoms with Crippen LogP contribution in [0.1, 0.15) is 31.4 Å². The summed E-state index contributed by atoms with van der Waals surface area (Å²) in [5, 5.41) is 3.02. The van der Waals surface area contributed by atoms with E-state index in [1.165, 1.54) is 4.90 Å². The van der Waals surface area contributed by atoms with E-state index >= 15 is 0 Å². The molecule has 0 aliphatic rings. The van der Waals surface area contributed by atoms with Gasteiger partial charge in [0.1, 0.15) is 12.6 Å². The van der Waals surface area contributed by atoms with Gasteiger partial charge < -0.3 is 10.2 Å². The third-order valence-electron chi connectivity index (χ3n) is 6.34. The molecule has 0 aromatic heterocycles. The van der Waals surface area contributed by atoms with Crippen LogP contribution in [-0.2, 0) is 32.6 Å². The van der Waals surface area contributed by atoms with Gasteiger partial charge in [-0.1, -0.05) is 77.5 Å². The van der Waals surface area contributed by atoms with Gasteiger partial charge >= 0.3 is 0 Å². The number of carbonyl (C=O) groups is 2. The molecule has 0 unspecified atom stereocenters. The Hall–Kier alpha value is -2.69. The van der Waals surface area contributed by atoms with E-state index in [-0.39, 0.29) is 24.9 Å². The molecule has 0 saturated carbocycles. The van der Waals surface area contributed by atoms with Crippen LogP contribution in [0.4, 0.5) is 5.69 Å². The molecule has 0 saturated heterocycles. The minimum Gasteiger partial charge on any atom is -0.352 e. The summed E-state index contributed by atoms with van der Waals surface area (Å²) in [5.41, 5.74) is 2.05. The van der Waals surface area contributed by atoms with Gasteiger partial charge in [0, 0.05) is 28.0 Å². The van der Waals surface area contributed by atoms with Gasteiger partial charge in [0.15, 0.2) is 0 Å². The molecule has 0 heterocycles. The van der Waals surface area contributed by atoms with Crippen molar-refractivity contribution in [2.24, 2.45) is 0 Å². The smallest absolute Gasteiger partial charge is 0.244 e. The molecular weight excluding hydrogens is 646 g/mol. The van der Waals surface area contributed by atoms with Crippen molar-refractivity contribution in [3.8, 4) is 0 Å². The van der Waals surface area contributed by atoms with Crippen LogP contribution in [0, 0.1) is 0 Å². The molecule has 0 fully saturated rings. The number of para-hydroxylation sites is 1. The first kappa shape index (κ1) is 30.8. The van der Waals surface area contributed by atoms with Crippen molar-refractivity contribution in [2.45, 2.75) is 45.3 Å². The molecule has 2 atom stereocenters. The Morgan fingerprint density at radius 1 is 0.897 bits per heavy atom. The van der Waals surface area contributed by atoms with Crippen molar-refractivity contribution >= 4 is 59.4 Å². The van der Waals surface area contributed by atoms with Gasteiger partial charge in [0.05, 0.1) is 11.9 Å². The lowest BCUT2D eigenvalue weighted by molar-refractivity contribution is -0.140. The summed E-state index contributed by atoms with van der Waals surface area (Å²) in [4.78, 5) is 29.2. The fourth-order valence-electron chi connectivity index (χ4n) is 4.03. The number of halogens is 2. The van der Waals surface area contributed by atoms with Gasteiger partial charge in [-0.3, -0.25) is 13.9 Å². The topological polar surface area (TPSA) is 86.8 Å². The summed E-state index contributed by atoms with van der Waals surface area (Å²) in [6, 6.07) is 22.9. The summed E-state index contributed by atoms with van der Waals surface area (Å²) in [6.45, 7) is 3.56. The lowest BCUT2D eigenvalue weighted by atomic mass is 10.0. The molecule has 0 aliphatic carbocycles. The van der Waals surface area contributed by atoms with E-state index in [0.717, 1.165) is 32.6 Å². The number of hydrogen-bond acceptors (Lipinski definition) is 4. The zero-order valence-electron chi connectivity index (χ0n) is 22.2. The fourth-order valence-corrected chi connectivity index (χ4v) is 5.77. The molecule has 2 amide bonds. The average Bonchev–Trinajstić information content (AvgIpc) is 2.90. The Kier molecular flexibility index (Phi) is 11.1. The second-order valence-electron chi connectivity index (χ2n) is 9.39. The molecule has 0 radical (unpaired) electrons. The van der Waals surface area contributed by atoms with E-state index < -0.39 is 28.5 Å². The quantitative estimate of drug-likeness (QED) is 0.273. The van der Waals surface area contributed by atoms with Crippen LogP contribution in [0.15, 0.2) is 87.8 Å². The van der Waals surface area contributed by atoms with Gasteiger partial charge in [-0.25, -0.2) is 8.42 Å². The Morgan fingerprint density at radius 3 is 2.10 bits per heavy atom. The first-order valence-electron chi connectivity index (χ1n) is 12.6. The number of rotatable bonds is 12. The molecule has 208 valence electrons. The van der Waals surface area contributed by atoms with Crippen molar-refractivity contribution in [1.29, 1.82) is 0 Å². The summed E-state index contributed by atoms with van der Waals surface area (Å²) in [5.74, 6) is -0.773. The Bertz CT molecular complexity index is 1370. The predicted molar refractivity (Wildman–Crippen MR) is 163 cm³/mol. The van der Waals surface area contributed by atoms with Crippen LogP contribution in [-0.4, -0.2) is 50.0 Å². The number of amides is 2. The molecule has 3 aromatic carbocycles. The Morgan fingerprint density at radius 2 is 1.51 bits per heavy atom. The molecule has 1 N–H and O–H groups in total. The fraction of sp³-hybridized carbons (Fsp3) is 0.310. The van der Waals surface area contributed by atoms with Crippen molar-refractivity contribution < 1.29 is 18.0 Å². The zero-order valence-corrected chi connectivity index (χ0v) is 26.2. The van der Waals surface area contributed by atoms with Gasteiger partial charge in [0.25, 0.3) is 0 Å². The average molecular weight is 679 g/mol. The maximum Gasteiger partial charge on any atom is 0.244 e. The minimum atomic E-state index is -3.83. The second kappa shape index (κ2) is 14.1. The minimum absolute atomic E-state index is 0.0896. The lowest BCUT2D eigenvalue weighted by Gasteiger charge is -2.34. The van der Waals surface area contributed by atoms with Crippen LogP contribution >= 0.6 is 31.9 Å². The van der Waals surface area contributed by atoms with Crippen molar-refractivity contribution in [2.75, 3.05) is 17.1 Å². The largest absolute Gasteiger partial charge is 0.352 e. The Balaban J connectivity index is 2.06. The van der Waals surface area contributed by atoms with Gasteiger partial charge in [-0.15, -0.1) is 0 Å². The molecule has 3 aromatic rings. The van der Waals surface area contributed by atoms with Crippen LogP contribution in [0.5, 0.6) is 0 Å². The van der Waals surface area contributed by atoms with Crippen molar-refractivity contribution in [3.05, 3.63) is 98.9 Å². The number of nitrogens with zero attached hydrogens (tertiary/aromatic N) is 2. The van der Waals surface area contributed by atoms with E-state index in [9.17, 15) is 18.0 Å². The first-order chi connectivity index (χ1) is 18.5. The van der Waals surface area contributed by atoms with E-state index in [0.29, 0.717) is 10.2 Å². The molecule has 10 heteroatoms. The highest BCUT2D eigenvalue weighted by Gasteiger charge is 2.33. The van der Waals surface area contributed by atoms with Crippen LogP contribution < -0.4 is 9.62 Å². The molecule has 0 spiro atoms. The third-order valence-corrected chi connectivity index (χ3v) is 8.66. The summed E-state index contributed by atoms with van der Waals surface area (Å²) in [7, 11) is -3.83. The maximum absolute atomic E-state index is 14.1. The monoisotopic (exact) mass is 677 g/mol. The zero-order chi connectivity index (χ0) is 28.6. The van der Waals surface area contributed by atoms with E-state index in [2.05, 4.69) is 37.2 Å². The Labute approximate surface area is 247 Å². The van der Waals surface area contributed by atoms with Crippen LogP contribution in [0.2, 0.25) is 0 Å². The molecule has 7 nitrogen and oxygen atoms in total. The maximum atomic E-state index is 14.1. The lowest BCUT2D eigenvalue weighted by Crippen LogP contribution is -2.54. The number of anilines is 1. The van der Waals surface area contributed by atoms with E-state index in [1.54, 1.807) is 24.3 Å². The van der Waals surface area contributed by atoms with Crippen molar-refractivity contribution in [1.82, 2.24) is 10.2 Å². The second-order valence-corrected chi connectivity index (χ2v) is 13.1. The molecular formula is C29H33Br2N3O4S. The van der Waals surface area contributed by atoms with Gasteiger partial charge in [0.2, 0.25) is 21.8 Å². The summed E-state index contributed by atoms with van der Waals surface area (Å²) in [6.07, 6.45) is 2.07. The number of sulfonamides is 1.